The molecule has 3 aromatic heterocycles. The van der Waals surface area contributed by atoms with Gasteiger partial charge in [-0.3, -0.25) is 9.59 Å². The van der Waals surface area contributed by atoms with Gasteiger partial charge in [-0.15, -0.1) is 10.2 Å². The summed E-state index contributed by atoms with van der Waals surface area (Å²) in [5, 5.41) is 10.9. The highest BCUT2D eigenvalue weighted by Crippen LogP contribution is 2.21. The minimum atomic E-state index is -0.466. The smallest absolute Gasteiger partial charge is 0.263 e. The van der Waals surface area contributed by atoms with E-state index in [-0.39, 0.29) is 11.1 Å². The van der Waals surface area contributed by atoms with Crippen molar-refractivity contribution < 1.29 is 9.53 Å². The number of carbonyl (C=O) groups is 1. The summed E-state index contributed by atoms with van der Waals surface area (Å²) in [6.45, 7) is 0. The van der Waals surface area contributed by atoms with Gasteiger partial charge >= 0.3 is 0 Å². The maximum atomic E-state index is 12.3. The number of aryl methyl sites for hydroxylation is 1. The molecular weight excluding hydrogens is 370 g/mol. The van der Waals surface area contributed by atoms with Gasteiger partial charge in [0.1, 0.15) is 11.3 Å². The highest BCUT2D eigenvalue weighted by molar-refractivity contribution is 6.03. The molecule has 0 atom stereocenters. The van der Waals surface area contributed by atoms with Crippen molar-refractivity contribution in [3.8, 4) is 17.4 Å². The largest absolute Gasteiger partial charge is 0.438 e. The maximum absolute atomic E-state index is 12.3. The number of nitrogens with zero attached hydrogens (tertiary/aromatic N) is 4. The van der Waals surface area contributed by atoms with E-state index in [1.54, 1.807) is 55.7 Å². The number of rotatable bonds is 5. The summed E-state index contributed by atoms with van der Waals surface area (Å²) in [6.07, 6.45) is 5.35. The number of benzene rings is 1. The second-order valence-corrected chi connectivity index (χ2v) is 6.24. The molecule has 1 N–H and O–H groups in total. The summed E-state index contributed by atoms with van der Waals surface area (Å²) in [4.78, 5) is 24.3. The van der Waals surface area contributed by atoms with Crippen LogP contribution in [0.5, 0.6) is 11.6 Å². The van der Waals surface area contributed by atoms with Crippen molar-refractivity contribution in [2.45, 2.75) is 0 Å². The number of aromatic nitrogens is 4. The Balaban J connectivity index is 1.42. The van der Waals surface area contributed by atoms with Crippen molar-refractivity contribution in [3.63, 3.8) is 0 Å². The van der Waals surface area contributed by atoms with Crippen LogP contribution in [-0.4, -0.2) is 25.2 Å². The van der Waals surface area contributed by atoms with Crippen molar-refractivity contribution >= 4 is 11.6 Å². The summed E-state index contributed by atoms with van der Waals surface area (Å²) < 4.78 is 8.88. The zero-order valence-electron chi connectivity index (χ0n) is 15.5. The zero-order valence-corrected chi connectivity index (χ0v) is 15.5. The molecule has 0 aliphatic rings. The predicted molar refractivity (Wildman–Crippen MR) is 108 cm³/mol. The van der Waals surface area contributed by atoms with Crippen LogP contribution in [0.1, 0.15) is 10.4 Å². The zero-order chi connectivity index (χ0) is 20.2. The number of hydrogen-bond acceptors (Lipinski definition) is 5. The van der Waals surface area contributed by atoms with Gasteiger partial charge < -0.3 is 19.2 Å². The minimum absolute atomic E-state index is 0.0772. The molecule has 0 saturated carbocycles. The molecule has 0 unspecified atom stereocenters. The molecule has 4 aromatic rings. The van der Waals surface area contributed by atoms with Crippen molar-refractivity contribution in [1.29, 1.82) is 0 Å². The van der Waals surface area contributed by atoms with E-state index in [0.717, 1.165) is 0 Å². The van der Waals surface area contributed by atoms with Crippen LogP contribution in [0.2, 0.25) is 0 Å². The third-order valence-electron chi connectivity index (χ3n) is 4.20. The first kappa shape index (κ1) is 18.2. The molecular formula is C21H17N5O3. The van der Waals surface area contributed by atoms with Crippen LogP contribution in [0, 0.1) is 0 Å². The summed E-state index contributed by atoms with van der Waals surface area (Å²) in [7, 11) is 1.60. The number of pyridine rings is 1. The maximum Gasteiger partial charge on any atom is 0.263 e. The number of hydrogen-bond donors (Lipinski definition) is 1. The molecule has 1 amide bonds. The topological polar surface area (TPSA) is 91.0 Å². The Labute approximate surface area is 166 Å². The third kappa shape index (κ3) is 4.06. The summed E-state index contributed by atoms with van der Waals surface area (Å²) in [5.41, 5.74) is 0.266. The Morgan fingerprint density at radius 3 is 2.38 bits per heavy atom. The van der Waals surface area contributed by atoms with E-state index in [1.165, 1.54) is 10.6 Å². The normalized spacial score (nSPS) is 10.5. The first-order valence-corrected chi connectivity index (χ1v) is 8.82. The Morgan fingerprint density at radius 1 is 0.931 bits per heavy atom. The highest BCUT2D eigenvalue weighted by atomic mass is 16.5. The molecule has 29 heavy (non-hydrogen) atoms. The first-order chi connectivity index (χ1) is 14.1. The average molecular weight is 387 g/mol. The highest BCUT2D eigenvalue weighted by Gasteiger charge is 2.11. The summed E-state index contributed by atoms with van der Waals surface area (Å²) >= 11 is 0. The standard InChI is InChI=1S/C21H17N5O3/c1-25-12-4-5-17(21(25)28)20(27)22-15-6-8-16(9-7-15)29-19-11-10-18(23-24-19)26-13-2-3-14-26/h2-14H,1H3,(H,22,27). The fraction of sp³-hybridized carbons (Fsp3) is 0.0476. The number of ether oxygens (including phenoxy) is 1. The molecule has 1 aromatic carbocycles. The van der Waals surface area contributed by atoms with Crippen LogP contribution in [0.25, 0.3) is 5.82 Å². The van der Waals surface area contributed by atoms with Gasteiger partial charge in [-0.2, -0.15) is 0 Å². The quantitative estimate of drug-likeness (QED) is 0.568. The number of carbonyl (C=O) groups excluding carboxylic acids is 1. The van der Waals surface area contributed by atoms with Crippen LogP contribution in [0.15, 0.2) is 84.0 Å². The second kappa shape index (κ2) is 7.81. The Bertz CT molecular complexity index is 1180. The molecule has 0 fully saturated rings. The van der Waals surface area contributed by atoms with E-state index in [0.29, 0.717) is 23.1 Å². The lowest BCUT2D eigenvalue weighted by Crippen LogP contribution is -2.26. The van der Waals surface area contributed by atoms with Gasteiger partial charge in [0.25, 0.3) is 11.5 Å². The Morgan fingerprint density at radius 2 is 1.69 bits per heavy atom. The van der Waals surface area contributed by atoms with Gasteiger partial charge in [-0.1, -0.05) is 0 Å². The van der Waals surface area contributed by atoms with Gasteiger partial charge in [-0.05, 0) is 54.6 Å². The van der Waals surface area contributed by atoms with Crippen molar-refractivity contribution in [2.24, 2.45) is 7.05 Å². The van der Waals surface area contributed by atoms with Crippen LogP contribution in [-0.2, 0) is 7.05 Å². The van der Waals surface area contributed by atoms with Crippen LogP contribution in [0.4, 0.5) is 5.69 Å². The molecule has 0 radical (unpaired) electrons. The molecule has 0 spiro atoms. The lowest BCUT2D eigenvalue weighted by Gasteiger charge is -2.08. The lowest BCUT2D eigenvalue weighted by atomic mass is 10.2. The summed E-state index contributed by atoms with van der Waals surface area (Å²) in [5.74, 6) is 1.12. The van der Waals surface area contributed by atoms with Crippen molar-refractivity contribution in [3.05, 3.63) is 95.2 Å². The predicted octanol–water partition coefficient (Wildman–Crippen LogP) is 3.01. The molecule has 8 nitrogen and oxygen atoms in total. The molecule has 3 heterocycles. The third-order valence-corrected chi connectivity index (χ3v) is 4.20. The van der Waals surface area contributed by atoms with E-state index in [2.05, 4.69) is 15.5 Å². The number of nitrogens with one attached hydrogen (secondary N) is 1. The Kier molecular flexibility index (Phi) is 4.90. The number of anilines is 1. The molecule has 0 bridgehead atoms. The van der Waals surface area contributed by atoms with Crippen LogP contribution >= 0.6 is 0 Å². The average Bonchev–Trinajstić information content (AvgIpc) is 3.27. The lowest BCUT2D eigenvalue weighted by molar-refractivity contribution is 0.102. The van der Waals surface area contributed by atoms with Gasteiger partial charge in [0.05, 0.1) is 0 Å². The molecule has 0 aliphatic carbocycles. The molecule has 144 valence electrons. The Hall–Kier alpha value is -4.20. The van der Waals surface area contributed by atoms with Gasteiger partial charge in [-0.25, -0.2) is 0 Å². The van der Waals surface area contributed by atoms with Crippen LogP contribution < -0.4 is 15.6 Å². The van der Waals surface area contributed by atoms with Gasteiger partial charge in [0.15, 0.2) is 5.82 Å². The number of amides is 1. The van der Waals surface area contributed by atoms with Gasteiger partial charge in [0, 0.05) is 37.4 Å². The SMILES string of the molecule is Cn1cccc(C(=O)Nc2ccc(Oc3ccc(-n4cccc4)nn3)cc2)c1=O. The van der Waals surface area contributed by atoms with E-state index in [9.17, 15) is 9.59 Å². The monoisotopic (exact) mass is 387 g/mol. The van der Waals surface area contributed by atoms with E-state index < -0.39 is 5.91 Å². The second-order valence-electron chi connectivity index (χ2n) is 6.24. The van der Waals surface area contributed by atoms with E-state index in [1.807, 2.05) is 29.1 Å². The fourth-order valence-electron chi connectivity index (χ4n) is 2.69. The van der Waals surface area contributed by atoms with Crippen molar-refractivity contribution in [2.75, 3.05) is 5.32 Å². The van der Waals surface area contributed by atoms with Crippen molar-refractivity contribution in [1.82, 2.24) is 19.3 Å². The van der Waals surface area contributed by atoms with Gasteiger partial charge in [0.2, 0.25) is 5.88 Å². The molecule has 0 aliphatic heterocycles. The van der Waals surface area contributed by atoms with E-state index >= 15 is 0 Å². The fourth-order valence-corrected chi connectivity index (χ4v) is 2.69. The van der Waals surface area contributed by atoms with E-state index in [4.69, 9.17) is 4.74 Å². The first-order valence-electron chi connectivity index (χ1n) is 8.82. The minimum Gasteiger partial charge on any atom is -0.438 e. The summed E-state index contributed by atoms with van der Waals surface area (Å²) in [6, 6.07) is 17.2. The molecule has 0 saturated heterocycles. The molecule has 4 rings (SSSR count). The van der Waals surface area contributed by atoms with Crippen LogP contribution in [0.3, 0.4) is 0 Å². The molecule has 8 heteroatoms.